The van der Waals surface area contributed by atoms with Gasteiger partial charge in [0.2, 0.25) is 35.4 Å². The molecule has 0 saturated carbocycles. The SMILES string of the molecule is CC(=O)NC1C(OCc2ccccc2)OC(CO)C(O)C1OCC(=O)N[C@H](C(=O)N[C@@H](CCC(=O)NCCCCCC(=O)Nc1ccc2c(c1)CN1C(=O)c3ccccc3C1=N2)C(N)=O)C(C)C. The minimum Gasteiger partial charge on any atom is -0.394 e. The quantitative estimate of drug-likeness (QED) is 0.0627. The molecule has 7 atom stereocenters. The molecular formula is C48H60N8O12. The van der Waals surface area contributed by atoms with Gasteiger partial charge in [0.05, 0.1) is 31.0 Å². The standard InChI is InChI=1S/C48H60N8O12/c1-27(2)40(55-39(61)26-66-43-41(51-28(3)58)48(68-36(24-57)42(43)62)67-25-29-12-6-4-7-13-29)46(64)54-35(44(49)63)19-20-37(59)50-21-11-5-8-16-38(60)52-31-17-18-34-30(22-31)23-56-45(53-34)32-14-9-10-15-33(32)47(56)65/h4,6-7,9-10,12-15,17-18,22,27,35-36,40-43,48,57,62H,5,8,11,16,19-21,23-26H2,1-3H3,(H2,49,63)(H,50,59)(H,51,58)(H,52,60)(H,54,64)(H,55,61)/t35-,36?,40-,41?,42?,43?,48?/m0/s1. The maximum absolute atomic E-state index is 13.4. The van der Waals surface area contributed by atoms with Crippen molar-refractivity contribution in [2.45, 2.75) is 115 Å². The molecule has 3 aliphatic heterocycles. The summed E-state index contributed by atoms with van der Waals surface area (Å²) in [4.78, 5) is 95.9. The Balaban J connectivity index is 0.896. The van der Waals surface area contributed by atoms with Crippen LogP contribution in [0.25, 0.3) is 0 Å². The van der Waals surface area contributed by atoms with Crippen molar-refractivity contribution in [2.75, 3.05) is 25.1 Å². The van der Waals surface area contributed by atoms with E-state index in [1.165, 1.54) is 6.92 Å². The van der Waals surface area contributed by atoms with Crippen LogP contribution in [-0.2, 0) is 56.1 Å². The molecular weight excluding hydrogens is 881 g/mol. The molecule has 1 saturated heterocycles. The van der Waals surface area contributed by atoms with Crippen LogP contribution >= 0.6 is 0 Å². The number of nitrogens with one attached hydrogen (secondary N) is 5. The van der Waals surface area contributed by atoms with Crippen LogP contribution in [0.4, 0.5) is 11.4 Å². The summed E-state index contributed by atoms with van der Waals surface area (Å²) in [5.74, 6) is -3.39. The lowest BCUT2D eigenvalue weighted by Gasteiger charge is -2.44. The predicted octanol–water partition coefficient (Wildman–Crippen LogP) is 1.43. The van der Waals surface area contributed by atoms with Crippen LogP contribution in [0.1, 0.15) is 86.3 Å². The number of aliphatic hydroxyl groups is 2. The molecule has 68 heavy (non-hydrogen) atoms. The lowest BCUT2D eigenvalue weighted by molar-refractivity contribution is -0.279. The van der Waals surface area contributed by atoms with Crippen LogP contribution in [0.2, 0.25) is 0 Å². The molecule has 3 heterocycles. The summed E-state index contributed by atoms with van der Waals surface area (Å²) in [6.07, 6.45) is -3.31. The Labute approximate surface area is 393 Å². The Bertz CT molecular complexity index is 2350. The second-order valence-electron chi connectivity index (χ2n) is 17.2. The van der Waals surface area contributed by atoms with Crippen molar-refractivity contribution in [2.24, 2.45) is 16.6 Å². The predicted molar refractivity (Wildman–Crippen MR) is 247 cm³/mol. The van der Waals surface area contributed by atoms with E-state index in [2.05, 4.69) is 26.6 Å². The van der Waals surface area contributed by atoms with Crippen LogP contribution in [-0.4, -0.2) is 125 Å². The highest BCUT2D eigenvalue weighted by molar-refractivity contribution is 6.24. The summed E-state index contributed by atoms with van der Waals surface area (Å²) < 4.78 is 17.5. The van der Waals surface area contributed by atoms with Crippen molar-refractivity contribution in [3.05, 3.63) is 95.1 Å². The van der Waals surface area contributed by atoms with Gasteiger partial charge in [-0.1, -0.05) is 68.8 Å². The topological polar surface area (TPSA) is 289 Å². The molecule has 0 spiro atoms. The maximum Gasteiger partial charge on any atom is 0.260 e. The van der Waals surface area contributed by atoms with Crippen molar-refractivity contribution in [3.8, 4) is 0 Å². The fourth-order valence-corrected chi connectivity index (χ4v) is 8.12. The molecule has 364 valence electrons. The van der Waals surface area contributed by atoms with Gasteiger partial charge in [0.1, 0.15) is 48.9 Å². The van der Waals surface area contributed by atoms with Gasteiger partial charge in [0, 0.05) is 37.6 Å². The Kier molecular flexibility index (Phi) is 17.9. The van der Waals surface area contributed by atoms with Gasteiger partial charge in [-0.25, -0.2) is 4.99 Å². The minimum absolute atomic E-state index is 0.0633. The average Bonchev–Trinajstić information content (AvgIpc) is 3.58. The lowest BCUT2D eigenvalue weighted by Crippen LogP contribution is -2.65. The molecule has 5 unspecified atom stereocenters. The third-order valence-corrected chi connectivity index (χ3v) is 11.7. The average molecular weight is 941 g/mol. The first kappa shape index (κ1) is 50.8. The van der Waals surface area contributed by atoms with Gasteiger partial charge in [-0.2, -0.15) is 0 Å². The number of unbranched alkanes of at least 4 members (excludes halogenated alkanes) is 2. The molecule has 3 aromatic rings. The number of ether oxygens (including phenoxy) is 3. The highest BCUT2D eigenvalue weighted by Gasteiger charge is 2.47. The monoisotopic (exact) mass is 940 g/mol. The van der Waals surface area contributed by atoms with E-state index in [1.54, 1.807) is 30.9 Å². The Morgan fingerprint density at radius 3 is 2.34 bits per heavy atom. The number of anilines is 1. The fraction of sp³-hybridized carbons (Fsp3) is 0.458. The number of hydrogen-bond donors (Lipinski definition) is 8. The van der Waals surface area contributed by atoms with Gasteiger partial charge < -0.3 is 56.7 Å². The molecule has 7 amide bonds. The molecule has 0 bridgehead atoms. The third-order valence-electron chi connectivity index (χ3n) is 11.7. The molecule has 0 radical (unpaired) electrons. The smallest absolute Gasteiger partial charge is 0.260 e. The normalized spacial score (nSPS) is 20.2. The van der Waals surface area contributed by atoms with Crippen molar-refractivity contribution in [3.63, 3.8) is 0 Å². The number of carbonyl (C=O) groups excluding carboxylic acids is 7. The number of primary amides is 1. The Morgan fingerprint density at radius 1 is 0.897 bits per heavy atom. The number of nitrogens with zero attached hydrogens (tertiary/aromatic N) is 2. The Morgan fingerprint density at radius 2 is 1.63 bits per heavy atom. The molecule has 6 rings (SSSR count). The van der Waals surface area contributed by atoms with Crippen LogP contribution in [0, 0.1) is 5.92 Å². The van der Waals surface area contributed by atoms with E-state index in [0.717, 1.165) is 22.4 Å². The van der Waals surface area contributed by atoms with Gasteiger partial charge in [-0.15, -0.1) is 0 Å². The number of fused-ring (bicyclic) bond motifs is 4. The van der Waals surface area contributed by atoms with Crippen molar-refractivity contribution in [1.29, 1.82) is 0 Å². The number of rotatable bonds is 23. The summed E-state index contributed by atoms with van der Waals surface area (Å²) in [5.41, 5.74) is 9.98. The lowest BCUT2D eigenvalue weighted by atomic mass is 9.96. The molecule has 1 fully saturated rings. The van der Waals surface area contributed by atoms with Crippen LogP contribution < -0.4 is 32.3 Å². The van der Waals surface area contributed by atoms with Crippen molar-refractivity contribution >= 4 is 58.6 Å². The molecule has 9 N–H and O–H groups in total. The van der Waals surface area contributed by atoms with Crippen LogP contribution in [0.15, 0.2) is 77.8 Å². The van der Waals surface area contributed by atoms with Crippen molar-refractivity contribution < 1.29 is 58.0 Å². The van der Waals surface area contributed by atoms with Crippen LogP contribution in [0.5, 0.6) is 0 Å². The zero-order valence-corrected chi connectivity index (χ0v) is 38.3. The molecule has 20 nitrogen and oxygen atoms in total. The van der Waals surface area contributed by atoms with E-state index in [9.17, 15) is 43.8 Å². The molecule has 3 aromatic carbocycles. The highest BCUT2D eigenvalue weighted by Crippen LogP contribution is 2.35. The van der Waals surface area contributed by atoms with Crippen LogP contribution in [0.3, 0.4) is 0 Å². The first-order chi connectivity index (χ1) is 32.6. The molecule has 0 aromatic heterocycles. The zero-order chi connectivity index (χ0) is 48.9. The first-order valence-electron chi connectivity index (χ1n) is 22.7. The van der Waals surface area contributed by atoms with E-state index in [-0.39, 0.29) is 43.6 Å². The van der Waals surface area contributed by atoms with E-state index in [1.807, 2.05) is 60.7 Å². The van der Waals surface area contributed by atoms with Gasteiger partial charge in [0.15, 0.2) is 6.29 Å². The number of aliphatic hydroxyl groups excluding tert-OH is 2. The number of benzene rings is 3. The number of amides is 7. The van der Waals surface area contributed by atoms with Gasteiger partial charge >= 0.3 is 0 Å². The summed E-state index contributed by atoms with van der Waals surface area (Å²) in [6.45, 7) is 4.01. The highest BCUT2D eigenvalue weighted by atomic mass is 16.7. The van der Waals surface area contributed by atoms with Gasteiger partial charge in [-0.3, -0.25) is 38.5 Å². The summed E-state index contributed by atoms with van der Waals surface area (Å²) in [6, 6.07) is 18.4. The first-order valence-corrected chi connectivity index (χ1v) is 22.7. The Hall–Kier alpha value is -6.58. The fourth-order valence-electron chi connectivity index (χ4n) is 8.12. The number of nitrogens with two attached hydrogens (primary N) is 1. The molecule has 0 aliphatic carbocycles. The number of aliphatic imine (C=N–C) groups is 1. The van der Waals surface area contributed by atoms with Crippen molar-refractivity contribution in [1.82, 2.24) is 26.2 Å². The minimum atomic E-state index is -1.49. The number of carbonyl (C=O) groups is 7. The summed E-state index contributed by atoms with van der Waals surface area (Å²) in [7, 11) is 0. The largest absolute Gasteiger partial charge is 0.394 e. The zero-order valence-electron chi connectivity index (χ0n) is 38.3. The van der Waals surface area contributed by atoms with Gasteiger partial charge in [-0.05, 0) is 60.6 Å². The van der Waals surface area contributed by atoms with E-state index in [4.69, 9.17) is 24.9 Å². The number of hydrogen-bond acceptors (Lipinski definition) is 13. The summed E-state index contributed by atoms with van der Waals surface area (Å²) in [5, 5.41) is 34.4. The second kappa shape index (κ2) is 23.9. The van der Waals surface area contributed by atoms with E-state index in [0.29, 0.717) is 49.4 Å². The van der Waals surface area contributed by atoms with E-state index >= 15 is 0 Å². The second-order valence-corrected chi connectivity index (χ2v) is 17.2. The maximum atomic E-state index is 13.4. The molecule has 3 aliphatic rings. The number of amidine groups is 1. The van der Waals surface area contributed by atoms with Gasteiger partial charge in [0.25, 0.3) is 5.91 Å². The molecule has 20 heteroatoms. The summed E-state index contributed by atoms with van der Waals surface area (Å²) >= 11 is 0. The third kappa shape index (κ3) is 13.3. The van der Waals surface area contributed by atoms with E-state index < -0.39 is 85.5 Å².